The first-order chi connectivity index (χ1) is 4.21. The van der Waals surface area contributed by atoms with Crippen LogP contribution in [-0.2, 0) is 0 Å². The monoisotopic (exact) mass is 222 g/mol. The highest BCUT2D eigenvalue weighted by Gasteiger charge is 2.19. The van der Waals surface area contributed by atoms with Gasteiger partial charge in [-0.1, -0.05) is 46.4 Å². The van der Waals surface area contributed by atoms with Gasteiger partial charge in [-0.3, -0.25) is 0 Å². The molecule has 0 radical (unpaired) electrons. The molecule has 0 saturated heterocycles. The minimum Gasteiger partial charge on any atom is -0.151 e. The smallest absolute Gasteiger partial charge is 0.151 e. The molecule has 0 saturated carbocycles. The Kier molecular flexibility index (Phi) is 3.70. The van der Waals surface area contributed by atoms with Crippen molar-refractivity contribution in [3.8, 4) is 0 Å². The number of alkyl halides is 4. The summed E-state index contributed by atoms with van der Waals surface area (Å²) in [5.41, 5.74) is 0. The molecule has 0 spiro atoms. The molecule has 0 rings (SSSR count). The molecule has 0 bridgehead atoms. The average molecular weight is 224 g/mol. The number of azo groups is 1. The summed E-state index contributed by atoms with van der Waals surface area (Å²) >= 11 is 21.7. The molecule has 0 aromatic heterocycles. The van der Waals surface area contributed by atoms with Crippen LogP contribution in [0.25, 0.3) is 0 Å². The summed E-state index contributed by atoms with van der Waals surface area (Å²) in [5.74, 6) is 0. The van der Waals surface area contributed by atoms with Gasteiger partial charge in [-0.25, -0.2) is 0 Å². The lowest BCUT2D eigenvalue weighted by Gasteiger charge is -2.08. The van der Waals surface area contributed by atoms with Gasteiger partial charge in [0.15, 0.2) is 0 Å². The fourth-order valence-electron chi connectivity index (χ4n) is 0.176. The number of hydrogen-bond acceptors (Lipinski definition) is 2. The molecular weight excluding hydrogens is 218 g/mol. The van der Waals surface area contributed by atoms with Crippen LogP contribution in [0.4, 0.5) is 0 Å². The van der Waals surface area contributed by atoms with E-state index in [1.165, 1.54) is 13.8 Å². The molecule has 0 aliphatic heterocycles. The van der Waals surface area contributed by atoms with Gasteiger partial charge in [0.25, 0.3) is 0 Å². The van der Waals surface area contributed by atoms with E-state index in [2.05, 4.69) is 10.2 Å². The Morgan fingerprint density at radius 2 is 1.00 bits per heavy atom. The molecular formula is C4H6Cl4N2. The molecule has 0 unspecified atom stereocenters. The first-order valence-corrected chi connectivity index (χ1v) is 3.92. The van der Waals surface area contributed by atoms with Crippen molar-refractivity contribution in [3.05, 3.63) is 0 Å². The van der Waals surface area contributed by atoms with Crippen molar-refractivity contribution in [2.24, 2.45) is 10.2 Å². The molecule has 2 nitrogen and oxygen atoms in total. The zero-order valence-electron chi connectivity index (χ0n) is 5.41. The SMILES string of the molecule is CC(Cl)(Cl)/N=N/C(C)(Cl)Cl. The maximum Gasteiger partial charge on any atom is 0.224 e. The van der Waals surface area contributed by atoms with Gasteiger partial charge in [0.05, 0.1) is 0 Å². The predicted octanol–water partition coefficient (Wildman–Crippen LogP) is 3.74. The van der Waals surface area contributed by atoms with Crippen molar-refractivity contribution in [3.63, 3.8) is 0 Å². The van der Waals surface area contributed by atoms with Crippen LogP contribution in [0, 0.1) is 0 Å². The van der Waals surface area contributed by atoms with E-state index in [0.29, 0.717) is 0 Å². The maximum absolute atomic E-state index is 5.43. The molecule has 0 N–H and O–H groups in total. The molecule has 0 aromatic rings. The molecule has 0 atom stereocenters. The van der Waals surface area contributed by atoms with Gasteiger partial charge in [-0.15, -0.1) is 0 Å². The maximum atomic E-state index is 5.43. The zero-order chi connectivity index (χ0) is 8.41. The third kappa shape index (κ3) is 8.76. The van der Waals surface area contributed by atoms with Crippen LogP contribution in [0.3, 0.4) is 0 Å². The van der Waals surface area contributed by atoms with Crippen LogP contribution in [0.2, 0.25) is 0 Å². The van der Waals surface area contributed by atoms with Crippen LogP contribution in [0.5, 0.6) is 0 Å². The quantitative estimate of drug-likeness (QED) is 0.387. The summed E-state index contributed by atoms with van der Waals surface area (Å²) in [5, 5.41) is 6.84. The third-order valence-electron chi connectivity index (χ3n) is 0.401. The highest BCUT2D eigenvalue weighted by molar-refractivity contribution is 6.48. The topological polar surface area (TPSA) is 24.7 Å². The van der Waals surface area contributed by atoms with Crippen molar-refractivity contribution in [2.75, 3.05) is 0 Å². The highest BCUT2D eigenvalue weighted by Crippen LogP contribution is 2.27. The van der Waals surface area contributed by atoms with Crippen LogP contribution in [0.1, 0.15) is 13.8 Å². The fraction of sp³-hybridized carbons (Fsp3) is 1.00. The minimum absolute atomic E-state index is 1.26. The van der Waals surface area contributed by atoms with Gasteiger partial charge >= 0.3 is 0 Å². The van der Waals surface area contributed by atoms with Crippen LogP contribution in [0.15, 0.2) is 10.2 Å². The van der Waals surface area contributed by atoms with E-state index in [0.717, 1.165) is 0 Å². The molecule has 0 aliphatic carbocycles. The molecule has 0 aromatic carbocycles. The van der Waals surface area contributed by atoms with Gasteiger partial charge in [-0.05, 0) is 13.8 Å². The van der Waals surface area contributed by atoms with Crippen molar-refractivity contribution in [1.82, 2.24) is 0 Å². The standard InChI is InChI=1S/C4H6Cl4N2/c1-3(5,6)9-10-4(2,7)8/h1-2H3/b10-9+. The van der Waals surface area contributed by atoms with Crippen LogP contribution >= 0.6 is 46.4 Å². The molecule has 6 heteroatoms. The van der Waals surface area contributed by atoms with Crippen molar-refractivity contribution in [2.45, 2.75) is 22.8 Å². The lowest BCUT2D eigenvalue weighted by atomic mass is 10.7. The highest BCUT2D eigenvalue weighted by atomic mass is 35.5. The van der Waals surface area contributed by atoms with Gasteiger partial charge in [0.2, 0.25) is 8.91 Å². The summed E-state index contributed by atoms with van der Waals surface area (Å²) in [7, 11) is 0. The molecule has 0 fully saturated rings. The Hall–Kier alpha value is 0.760. The first kappa shape index (κ1) is 10.8. The Morgan fingerprint density at radius 1 is 0.800 bits per heavy atom. The number of rotatable bonds is 2. The van der Waals surface area contributed by atoms with E-state index in [1.807, 2.05) is 0 Å². The normalized spacial score (nSPS) is 14.6. The molecule has 10 heavy (non-hydrogen) atoms. The number of nitrogens with zero attached hydrogens (tertiary/aromatic N) is 2. The lowest BCUT2D eigenvalue weighted by Crippen LogP contribution is -2.05. The van der Waals surface area contributed by atoms with Gasteiger partial charge in [0.1, 0.15) is 0 Å². The second kappa shape index (κ2) is 3.44. The largest absolute Gasteiger partial charge is 0.224 e. The van der Waals surface area contributed by atoms with Crippen molar-refractivity contribution < 1.29 is 0 Å². The van der Waals surface area contributed by atoms with E-state index in [1.54, 1.807) is 0 Å². The van der Waals surface area contributed by atoms with Crippen molar-refractivity contribution in [1.29, 1.82) is 0 Å². The van der Waals surface area contributed by atoms with Gasteiger partial charge in [0, 0.05) is 0 Å². The number of halogens is 4. The van der Waals surface area contributed by atoms with Crippen molar-refractivity contribution >= 4 is 46.4 Å². The van der Waals surface area contributed by atoms with Gasteiger partial charge in [-0.2, -0.15) is 10.2 Å². The minimum atomic E-state index is -1.26. The summed E-state index contributed by atoms with van der Waals surface area (Å²) < 4.78 is -2.52. The second-order valence-electron chi connectivity index (χ2n) is 1.88. The van der Waals surface area contributed by atoms with E-state index >= 15 is 0 Å². The Morgan fingerprint density at radius 3 is 1.10 bits per heavy atom. The third-order valence-corrected chi connectivity index (χ3v) is 0.704. The Balaban J connectivity index is 4.01. The molecule has 0 amide bonds. The lowest BCUT2D eigenvalue weighted by molar-refractivity contribution is 0.746. The predicted molar refractivity (Wildman–Crippen MR) is 45.1 cm³/mol. The second-order valence-corrected chi connectivity index (χ2v) is 5.21. The molecule has 60 valence electrons. The summed E-state index contributed by atoms with van der Waals surface area (Å²) in [6.07, 6.45) is 0. The van der Waals surface area contributed by atoms with Gasteiger partial charge < -0.3 is 0 Å². The van der Waals surface area contributed by atoms with E-state index in [9.17, 15) is 0 Å². The zero-order valence-corrected chi connectivity index (χ0v) is 8.43. The number of hydrogen-bond donors (Lipinski definition) is 0. The van der Waals surface area contributed by atoms with E-state index in [-0.39, 0.29) is 0 Å². The molecule has 0 aliphatic rings. The Bertz CT molecular complexity index is 115. The first-order valence-electron chi connectivity index (χ1n) is 2.40. The Labute approximate surface area is 79.5 Å². The van der Waals surface area contributed by atoms with Crippen LogP contribution < -0.4 is 0 Å². The molecule has 0 heterocycles. The summed E-state index contributed by atoms with van der Waals surface area (Å²) in [4.78, 5) is 0. The summed E-state index contributed by atoms with van der Waals surface area (Å²) in [6, 6.07) is 0. The van der Waals surface area contributed by atoms with E-state index < -0.39 is 8.91 Å². The van der Waals surface area contributed by atoms with Crippen LogP contribution in [-0.4, -0.2) is 8.91 Å². The van der Waals surface area contributed by atoms with E-state index in [4.69, 9.17) is 46.4 Å². The summed E-state index contributed by atoms with van der Waals surface area (Å²) in [6.45, 7) is 2.91. The average Bonchev–Trinajstić information content (AvgIpc) is 1.57. The fourth-order valence-corrected chi connectivity index (χ4v) is 0.327.